The van der Waals surface area contributed by atoms with Crippen molar-refractivity contribution in [3.63, 3.8) is 0 Å². The first kappa shape index (κ1) is 17.0. The van der Waals surface area contributed by atoms with Crippen LogP contribution in [0.2, 0.25) is 0 Å². The molecule has 2 atom stereocenters. The summed E-state index contributed by atoms with van der Waals surface area (Å²) >= 11 is 0. The molecule has 3 aliphatic rings. The first-order valence-corrected chi connectivity index (χ1v) is 8.68. The molecule has 9 nitrogen and oxygen atoms in total. The van der Waals surface area contributed by atoms with Crippen LogP contribution in [0.3, 0.4) is 0 Å². The lowest BCUT2D eigenvalue weighted by Gasteiger charge is -2.36. The molecule has 24 heavy (non-hydrogen) atoms. The summed E-state index contributed by atoms with van der Waals surface area (Å²) < 4.78 is 5.27. The van der Waals surface area contributed by atoms with Crippen molar-refractivity contribution in [2.75, 3.05) is 52.5 Å². The molecule has 0 aromatic carbocycles. The van der Waals surface area contributed by atoms with E-state index in [0.29, 0.717) is 58.9 Å². The lowest BCUT2D eigenvalue weighted by molar-refractivity contribution is -0.684. The van der Waals surface area contributed by atoms with Gasteiger partial charge in [-0.05, 0) is 12.8 Å². The van der Waals surface area contributed by atoms with Gasteiger partial charge in [-0.15, -0.1) is 0 Å². The minimum absolute atomic E-state index is 0.0281. The van der Waals surface area contributed by atoms with E-state index in [0.717, 1.165) is 6.42 Å². The molecule has 3 aliphatic heterocycles. The summed E-state index contributed by atoms with van der Waals surface area (Å²) in [4.78, 5) is 40.3. The molecule has 0 aliphatic carbocycles. The maximum Gasteiger partial charge on any atom is 0.320 e. The van der Waals surface area contributed by atoms with E-state index >= 15 is 0 Å². The third-order valence-corrected chi connectivity index (χ3v) is 4.76. The Kier molecular flexibility index (Phi) is 5.52. The van der Waals surface area contributed by atoms with Gasteiger partial charge in [0.2, 0.25) is 5.91 Å². The van der Waals surface area contributed by atoms with Gasteiger partial charge in [-0.2, -0.15) is 0 Å². The third-order valence-electron chi connectivity index (χ3n) is 4.76. The monoisotopic (exact) mass is 340 g/mol. The van der Waals surface area contributed by atoms with Crippen molar-refractivity contribution in [3.8, 4) is 0 Å². The summed E-state index contributed by atoms with van der Waals surface area (Å²) in [5.74, 6) is -0.289. The number of piperazine rings is 1. The number of quaternary nitrogens is 1. The molecule has 0 spiro atoms. The first-order chi connectivity index (χ1) is 11.6. The number of amides is 4. The molecule has 4 N–H and O–H groups in total. The highest BCUT2D eigenvalue weighted by Crippen LogP contribution is 2.06. The molecule has 134 valence electrons. The number of carbonyl (C=O) groups excluding carboxylic acids is 3. The van der Waals surface area contributed by atoms with Crippen molar-refractivity contribution in [1.29, 1.82) is 0 Å². The number of nitrogens with one attached hydrogen (secondary N) is 2. The van der Waals surface area contributed by atoms with Crippen LogP contribution in [-0.4, -0.2) is 92.2 Å². The average molecular weight is 340 g/mol. The molecule has 0 radical (unpaired) electrons. The minimum atomic E-state index is -0.454. The van der Waals surface area contributed by atoms with Gasteiger partial charge in [0, 0.05) is 19.6 Å². The number of piperidine rings is 1. The van der Waals surface area contributed by atoms with Gasteiger partial charge in [0.1, 0.15) is 6.04 Å². The number of nitrogens with zero attached hydrogens (tertiary/aromatic N) is 2. The Hall–Kier alpha value is -1.87. The molecule has 0 unspecified atom stereocenters. The Morgan fingerprint density at radius 3 is 2.75 bits per heavy atom. The van der Waals surface area contributed by atoms with Crippen LogP contribution >= 0.6 is 0 Å². The number of rotatable bonds is 2. The zero-order chi connectivity index (χ0) is 16.9. The third kappa shape index (κ3) is 3.96. The van der Waals surface area contributed by atoms with Gasteiger partial charge in [0.25, 0.3) is 5.91 Å². The fourth-order valence-corrected chi connectivity index (χ4v) is 3.34. The molecule has 3 saturated heterocycles. The lowest BCUT2D eigenvalue weighted by atomic mass is 10.1. The molecule has 3 heterocycles. The van der Waals surface area contributed by atoms with E-state index in [4.69, 9.17) is 4.74 Å². The predicted molar refractivity (Wildman–Crippen MR) is 84.1 cm³/mol. The zero-order valence-corrected chi connectivity index (χ0v) is 13.8. The van der Waals surface area contributed by atoms with E-state index in [2.05, 4.69) is 10.6 Å². The average Bonchev–Trinajstić information content (AvgIpc) is 2.64. The van der Waals surface area contributed by atoms with Gasteiger partial charge >= 0.3 is 6.03 Å². The second-order valence-electron chi connectivity index (χ2n) is 6.45. The van der Waals surface area contributed by atoms with Crippen LogP contribution in [0.5, 0.6) is 0 Å². The number of carbonyl (C=O) groups is 3. The Morgan fingerprint density at radius 2 is 2.00 bits per heavy atom. The van der Waals surface area contributed by atoms with Crippen LogP contribution in [0.25, 0.3) is 0 Å². The summed E-state index contributed by atoms with van der Waals surface area (Å²) in [6.45, 7) is 4.67. The lowest BCUT2D eigenvalue weighted by Crippen LogP contribution is -2.98. The topological polar surface area (TPSA) is 108 Å². The number of urea groups is 1. The fourth-order valence-electron chi connectivity index (χ4n) is 3.34. The summed E-state index contributed by atoms with van der Waals surface area (Å²) in [7, 11) is 0. The molecule has 0 aromatic rings. The van der Waals surface area contributed by atoms with Crippen LogP contribution < -0.4 is 16.0 Å². The Morgan fingerprint density at radius 1 is 1.21 bits per heavy atom. The minimum Gasteiger partial charge on any atom is -0.378 e. The quantitative estimate of drug-likeness (QED) is 0.500. The molecule has 0 aromatic heterocycles. The first-order valence-electron chi connectivity index (χ1n) is 8.68. The van der Waals surface area contributed by atoms with E-state index in [9.17, 15) is 14.4 Å². The van der Waals surface area contributed by atoms with Crippen LogP contribution in [0, 0.1) is 0 Å². The maximum atomic E-state index is 12.5. The van der Waals surface area contributed by atoms with E-state index < -0.39 is 6.04 Å². The number of hydrogen-bond donors (Lipinski definition) is 3. The Balaban J connectivity index is 1.53. The van der Waals surface area contributed by atoms with Crippen LogP contribution in [-0.2, 0) is 14.3 Å². The van der Waals surface area contributed by atoms with Gasteiger partial charge in [0.15, 0.2) is 6.04 Å². The second-order valence-corrected chi connectivity index (χ2v) is 6.45. The molecule has 0 bridgehead atoms. The summed E-state index contributed by atoms with van der Waals surface area (Å²) in [6.07, 6.45) is 1.54. The van der Waals surface area contributed by atoms with Gasteiger partial charge in [0.05, 0.1) is 32.8 Å². The number of nitrogens with two attached hydrogens (primary N) is 1. The van der Waals surface area contributed by atoms with Crippen LogP contribution in [0.4, 0.5) is 4.79 Å². The molecule has 0 saturated carbocycles. The van der Waals surface area contributed by atoms with Crippen molar-refractivity contribution >= 4 is 17.8 Å². The standard InChI is InChI=1S/C15H25N5O4/c21-13-11(2-1-3-17-13)18-14(22)12-10-20(5-4-16-12)15(23)19-6-8-24-9-7-19/h11-12,16H,1-10H2,(H,17,21)(H,18,22)/p+1/t11-,12+/m0/s1. The molecular weight excluding hydrogens is 314 g/mol. The van der Waals surface area contributed by atoms with Crippen LogP contribution in [0.1, 0.15) is 12.8 Å². The fraction of sp³-hybridized carbons (Fsp3) is 0.800. The molecular formula is C15H26N5O4+. The maximum absolute atomic E-state index is 12.5. The predicted octanol–water partition coefficient (Wildman–Crippen LogP) is -2.92. The highest BCUT2D eigenvalue weighted by Gasteiger charge is 2.35. The summed E-state index contributed by atoms with van der Waals surface area (Å²) in [6, 6.07) is -0.844. The number of morpholine rings is 1. The van der Waals surface area contributed by atoms with Crippen molar-refractivity contribution in [3.05, 3.63) is 0 Å². The highest BCUT2D eigenvalue weighted by molar-refractivity contribution is 5.90. The largest absolute Gasteiger partial charge is 0.378 e. The second kappa shape index (κ2) is 7.80. The van der Waals surface area contributed by atoms with Gasteiger partial charge in [-0.3, -0.25) is 9.59 Å². The van der Waals surface area contributed by atoms with Crippen LogP contribution in [0.15, 0.2) is 0 Å². The smallest absolute Gasteiger partial charge is 0.320 e. The summed E-state index contributed by atoms with van der Waals surface area (Å²) in [5, 5.41) is 7.53. The van der Waals surface area contributed by atoms with Gasteiger partial charge in [-0.25, -0.2) is 4.79 Å². The van der Waals surface area contributed by atoms with E-state index in [1.807, 2.05) is 5.32 Å². The Labute approximate surface area is 141 Å². The van der Waals surface area contributed by atoms with Crippen molar-refractivity contribution in [1.82, 2.24) is 20.4 Å². The highest BCUT2D eigenvalue weighted by atomic mass is 16.5. The molecule has 3 rings (SSSR count). The number of ether oxygens (including phenoxy) is 1. The van der Waals surface area contributed by atoms with Gasteiger partial charge in [-0.1, -0.05) is 0 Å². The number of hydrogen-bond acceptors (Lipinski definition) is 4. The molecule has 4 amide bonds. The normalized spacial score (nSPS) is 28.2. The summed E-state index contributed by atoms with van der Waals surface area (Å²) in [5.41, 5.74) is 0. The van der Waals surface area contributed by atoms with E-state index in [-0.39, 0.29) is 23.9 Å². The zero-order valence-electron chi connectivity index (χ0n) is 13.8. The van der Waals surface area contributed by atoms with Crippen molar-refractivity contribution < 1.29 is 24.4 Å². The molecule has 3 fully saturated rings. The molecule has 9 heteroatoms. The Bertz CT molecular complexity index is 494. The van der Waals surface area contributed by atoms with Gasteiger partial charge < -0.3 is 30.5 Å². The SMILES string of the molecule is O=C1NCCC[C@@H]1NC(=O)[C@H]1CN(C(=O)N2CCOCC2)CC[NH2+]1. The van der Waals surface area contributed by atoms with Crippen molar-refractivity contribution in [2.24, 2.45) is 0 Å². The van der Waals surface area contributed by atoms with E-state index in [1.54, 1.807) is 9.80 Å². The van der Waals surface area contributed by atoms with Crippen molar-refractivity contribution in [2.45, 2.75) is 24.9 Å². The van der Waals surface area contributed by atoms with E-state index in [1.165, 1.54) is 0 Å².